The second kappa shape index (κ2) is 9.27. The number of aryl methyl sites for hydroxylation is 2. The summed E-state index contributed by atoms with van der Waals surface area (Å²) in [5.41, 5.74) is 4.91. The van der Waals surface area contributed by atoms with Crippen LogP contribution in [0.2, 0.25) is 0 Å². The van der Waals surface area contributed by atoms with Crippen LogP contribution in [0.4, 0.5) is 0 Å². The van der Waals surface area contributed by atoms with Gasteiger partial charge in [-0.2, -0.15) is 0 Å². The Bertz CT molecular complexity index is 1300. The van der Waals surface area contributed by atoms with Crippen LogP contribution >= 0.6 is 0 Å². The van der Waals surface area contributed by atoms with E-state index in [-0.39, 0.29) is 11.6 Å². The average Bonchev–Trinajstić information content (AvgIpc) is 3.07. The van der Waals surface area contributed by atoms with Gasteiger partial charge in [-0.1, -0.05) is 54.8 Å². The van der Waals surface area contributed by atoms with Crippen molar-refractivity contribution in [3.05, 3.63) is 87.0 Å². The molecule has 0 aliphatic carbocycles. The summed E-state index contributed by atoms with van der Waals surface area (Å²) in [5.74, 6) is 0.718. The highest BCUT2D eigenvalue weighted by atomic mass is 16.1. The zero-order valence-electron chi connectivity index (χ0n) is 19.3. The van der Waals surface area contributed by atoms with Crippen LogP contribution in [-0.4, -0.2) is 43.2 Å². The Morgan fingerprint density at radius 3 is 2.52 bits per heavy atom. The van der Waals surface area contributed by atoms with E-state index in [1.807, 2.05) is 35.9 Å². The summed E-state index contributed by atoms with van der Waals surface area (Å²) >= 11 is 0. The van der Waals surface area contributed by atoms with Crippen LogP contribution in [0.25, 0.3) is 10.9 Å². The van der Waals surface area contributed by atoms with E-state index in [9.17, 15) is 4.79 Å². The van der Waals surface area contributed by atoms with Crippen LogP contribution in [-0.2, 0) is 6.54 Å². The normalized spacial score (nSPS) is 16.1. The summed E-state index contributed by atoms with van der Waals surface area (Å²) in [6, 6.07) is 16.2. The smallest absolute Gasteiger partial charge is 0.253 e. The molecule has 1 aliphatic rings. The van der Waals surface area contributed by atoms with Gasteiger partial charge in [0.05, 0.1) is 12.1 Å². The van der Waals surface area contributed by atoms with Crippen molar-refractivity contribution >= 4 is 10.9 Å². The van der Waals surface area contributed by atoms with E-state index in [4.69, 9.17) is 0 Å². The molecule has 0 amide bonds. The molecule has 33 heavy (non-hydrogen) atoms. The van der Waals surface area contributed by atoms with Gasteiger partial charge >= 0.3 is 0 Å². The number of hydrogen-bond acceptors (Lipinski definition) is 5. The summed E-state index contributed by atoms with van der Waals surface area (Å²) in [6.07, 6.45) is 4.65. The summed E-state index contributed by atoms with van der Waals surface area (Å²) in [6.45, 7) is 6.54. The van der Waals surface area contributed by atoms with Gasteiger partial charge in [-0.05, 0) is 78.9 Å². The molecule has 1 fully saturated rings. The number of nitrogens with one attached hydrogen (secondary N) is 1. The van der Waals surface area contributed by atoms with Crippen molar-refractivity contribution in [2.24, 2.45) is 0 Å². The van der Waals surface area contributed by atoms with Crippen LogP contribution in [0.5, 0.6) is 0 Å². The van der Waals surface area contributed by atoms with Gasteiger partial charge < -0.3 is 4.98 Å². The maximum atomic E-state index is 13.4. The fourth-order valence-corrected chi connectivity index (χ4v) is 5.04. The zero-order valence-corrected chi connectivity index (χ0v) is 19.3. The predicted octanol–water partition coefficient (Wildman–Crippen LogP) is 4.15. The van der Waals surface area contributed by atoms with E-state index in [2.05, 4.69) is 56.6 Å². The van der Waals surface area contributed by atoms with Crippen molar-refractivity contribution in [2.75, 3.05) is 13.1 Å². The van der Waals surface area contributed by atoms with Gasteiger partial charge in [0, 0.05) is 5.56 Å². The summed E-state index contributed by atoms with van der Waals surface area (Å²) in [4.78, 5) is 19.0. The molecule has 4 aromatic rings. The quantitative estimate of drug-likeness (QED) is 0.502. The highest BCUT2D eigenvalue weighted by Gasteiger charge is 2.31. The minimum atomic E-state index is -0.296. The Kier molecular flexibility index (Phi) is 6.05. The van der Waals surface area contributed by atoms with Crippen LogP contribution in [0.1, 0.15) is 59.8 Å². The third-order valence-corrected chi connectivity index (χ3v) is 6.60. The Hall–Kier alpha value is -3.32. The second-order valence-corrected chi connectivity index (χ2v) is 9.13. The molecular weight excluding hydrogens is 412 g/mol. The van der Waals surface area contributed by atoms with E-state index in [1.165, 1.54) is 18.4 Å². The lowest BCUT2D eigenvalue weighted by Gasteiger charge is -2.29. The molecule has 0 radical (unpaired) electrons. The van der Waals surface area contributed by atoms with E-state index in [0.29, 0.717) is 12.1 Å². The molecule has 0 saturated carbocycles. The van der Waals surface area contributed by atoms with Gasteiger partial charge in [0.15, 0.2) is 5.82 Å². The number of tetrazole rings is 1. The zero-order chi connectivity index (χ0) is 22.8. The number of pyridine rings is 1. The first-order valence-electron chi connectivity index (χ1n) is 11.8. The molecule has 1 aliphatic heterocycles. The molecule has 5 rings (SSSR count). The van der Waals surface area contributed by atoms with Crippen molar-refractivity contribution in [1.82, 2.24) is 30.1 Å². The number of likely N-dealkylation sites (tertiary alicyclic amines) is 1. The summed E-state index contributed by atoms with van der Waals surface area (Å²) in [5, 5.41) is 13.8. The number of nitrogens with zero attached hydrogens (tertiary/aromatic N) is 5. The van der Waals surface area contributed by atoms with Crippen molar-refractivity contribution in [3.63, 3.8) is 0 Å². The number of aromatic amines is 1. The molecule has 2 aromatic heterocycles. The second-order valence-electron chi connectivity index (χ2n) is 9.13. The Balaban J connectivity index is 1.65. The molecule has 3 heterocycles. The molecule has 2 aromatic carbocycles. The molecular formula is C26H30N6O. The lowest BCUT2D eigenvalue weighted by Crippen LogP contribution is -2.36. The van der Waals surface area contributed by atoms with Crippen molar-refractivity contribution in [2.45, 2.75) is 52.1 Å². The number of aromatic nitrogens is 5. The minimum Gasteiger partial charge on any atom is -0.321 e. The molecule has 1 saturated heterocycles. The van der Waals surface area contributed by atoms with Crippen molar-refractivity contribution < 1.29 is 0 Å². The Morgan fingerprint density at radius 2 is 1.76 bits per heavy atom. The molecule has 1 atom stereocenters. The molecule has 7 nitrogen and oxygen atoms in total. The van der Waals surface area contributed by atoms with E-state index >= 15 is 0 Å². The highest BCUT2D eigenvalue weighted by molar-refractivity contribution is 5.83. The van der Waals surface area contributed by atoms with Gasteiger partial charge in [-0.25, -0.2) is 4.68 Å². The van der Waals surface area contributed by atoms with Gasteiger partial charge in [0.2, 0.25) is 0 Å². The lowest BCUT2D eigenvalue weighted by molar-refractivity contribution is 0.220. The highest BCUT2D eigenvalue weighted by Crippen LogP contribution is 2.30. The first-order chi connectivity index (χ1) is 16.1. The number of H-pyrrole nitrogens is 1. The lowest BCUT2D eigenvalue weighted by atomic mass is 10.0. The largest absolute Gasteiger partial charge is 0.321 e. The molecule has 7 heteroatoms. The molecule has 0 bridgehead atoms. The fourth-order valence-electron chi connectivity index (χ4n) is 5.04. The predicted molar refractivity (Wildman–Crippen MR) is 129 cm³/mol. The maximum absolute atomic E-state index is 13.4. The summed E-state index contributed by atoms with van der Waals surface area (Å²) in [7, 11) is 0. The SMILES string of the molecule is Cc1cc(C)c2[nH]c(=O)c(C(c3nnnn3Cc3ccccc3)N3CCCCCC3)cc2c1. The first kappa shape index (κ1) is 21.5. The third-order valence-electron chi connectivity index (χ3n) is 6.60. The molecule has 0 spiro atoms. The van der Waals surface area contributed by atoms with Crippen LogP contribution < -0.4 is 5.56 Å². The van der Waals surface area contributed by atoms with Crippen LogP contribution in [0.3, 0.4) is 0 Å². The topological polar surface area (TPSA) is 79.7 Å². The van der Waals surface area contributed by atoms with E-state index in [1.54, 1.807) is 0 Å². The Morgan fingerprint density at radius 1 is 1.00 bits per heavy atom. The molecule has 170 valence electrons. The van der Waals surface area contributed by atoms with Gasteiger partial charge in [-0.15, -0.1) is 5.10 Å². The Labute approximate surface area is 193 Å². The number of benzene rings is 2. The molecule has 1 N–H and O–H groups in total. The van der Waals surface area contributed by atoms with Crippen molar-refractivity contribution in [3.8, 4) is 0 Å². The van der Waals surface area contributed by atoms with E-state index < -0.39 is 0 Å². The monoisotopic (exact) mass is 442 g/mol. The fraction of sp³-hybridized carbons (Fsp3) is 0.385. The van der Waals surface area contributed by atoms with Crippen LogP contribution in [0.15, 0.2) is 53.3 Å². The van der Waals surface area contributed by atoms with Crippen molar-refractivity contribution in [1.29, 1.82) is 0 Å². The standard InChI is InChI=1S/C26H30N6O/c1-18-14-19(2)23-21(15-18)16-22(26(33)27-23)24(31-12-8-3-4-9-13-31)25-28-29-30-32(25)17-20-10-6-5-7-11-20/h5-7,10-11,14-16,24H,3-4,8-9,12-13,17H2,1-2H3,(H,27,33). The van der Waals surface area contributed by atoms with Gasteiger partial charge in [0.1, 0.15) is 6.04 Å². The first-order valence-corrected chi connectivity index (χ1v) is 11.8. The maximum Gasteiger partial charge on any atom is 0.253 e. The van der Waals surface area contributed by atoms with Crippen LogP contribution in [0, 0.1) is 13.8 Å². The van der Waals surface area contributed by atoms with Gasteiger partial charge in [-0.3, -0.25) is 9.69 Å². The summed E-state index contributed by atoms with van der Waals surface area (Å²) < 4.78 is 1.84. The van der Waals surface area contributed by atoms with Gasteiger partial charge in [0.25, 0.3) is 5.56 Å². The number of hydrogen-bond donors (Lipinski definition) is 1. The average molecular weight is 443 g/mol. The third kappa shape index (κ3) is 4.46. The number of fused-ring (bicyclic) bond motifs is 1. The van der Waals surface area contributed by atoms with E-state index in [0.717, 1.165) is 53.8 Å². The number of rotatable bonds is 5. The minimum absolute atomic E-state index is 0.0713. The molecule has 1 unspecified atom stereocenters.